The molecule has 4 atom stereocenters. The normalized spacial score (nSPS) is 13.7. The molecule has 2 aromatic rings. The molecule has 0 fully saturated rings. The highest BCUT2D eigenvalue weighted by Crippen LogP contribution is 2.66. The van der Waals surface area contributed by atoms with E-state index in [9.17, 15) is 4.79 Å². The van der Waals surface area contributed by atoms with E-state index >= 15 is 0 Å². The van der Waals surface area contributed by atoms with Gasteiger partial charge in [-0.25, -0.2) is 9.97 Å². The van der Waals surface area contributed by atoms with Gasteiger partial charge in [-0.05, 0) is 19.1 Å². The minimum absolute atomic E-state index is 0.00617. The van der Waals surface area contributed by atoms with Crippen LogP contribution in [0.4, 0.5) is 0 Å². The predicted octanol–water partition coefficient (Wildman–Crippen LogP) is 2.52. The fraction of sp³-hybridized carbons (Fsp3) is 0.125. The van der Waals surface area contributed by atoms with Crippen LogP contribution in [0.15, 0.2) is 23.1 Å². The van der Waals surface area contributed by atoms with E-state index in [1.54, 1.807) is 22.7 Å². The number of fused-ring (bicyclic) bond motifs is 1. The van der Waals surface area contributed by atoms with Crippen molar-refractivity contribution in [1.29, 1.82) is 0 Å². The summed E-state index contributed by atoms with van der Waals surface area (Å²) in [6.07, 6.45) is 1.65. The Hall–Kier alpha value is 0.01000. The minimum Gasteiger partial charge on any atom is -0.268 e. The van der Waals surface area contributed by atoms with Crippen LogP contribution in [0.3, 0.4) is 0 Å². The molecule has 0 N–H and O–H groups in total. The molecule has 2 aromatic heterocycles. The first-order valence-corrected chi connectivity index (χ1v) is 11.1. The molecule has 0 spiro atoms. The highest BCUT2D eigenvalue weighted by atomic mass is 32.6. The maximum absolute atomic E-state index is 12.2. The molecule has 0 aromatic carbocycles. The van der Waals surface area contributed by atoms with Gasteiger partial charge in [-0.1, -0.05) is 16.9 Å². The van der Waals surface area contributed by atoms with Crippen molar-refractivity contribution in [3.8, 4) is 0 Å². The Morgan fingerprint density at radius 2 is 2.31 bits per heavy atom. The Morgan fingerprint density at radius 1 is 1.56 bits per heavy atom. The lowest BCUT2D eigenvalue weighted by molar-refractivity contribution is 0.986. The van der Waals surface area contributed by atoms with E-state index < -0.39 is 7.45 Å². The second-order valence-corrected chi connectivity index (χ2v) is 12.0. The minimum atomic E-state index is -0.567. The number of hydrogen-bond acceptors (Lipinski definition) is 3. The molecule has 8 heteroatoms. The van der Waals surface area contributed by atoms with Crippen molar-refractivity contribution in [2.24, 2.45) is 0 Å². The van der Waals surface area contributed by atoms with Crippen molar-refractivity contribution in [3.63, 3.8) is 0 Å². The lowest BCUT2D eigenvalue weighted by Crippen LogP contribution is -2.19. The monoisotopic (exact) mass is 289 g/mol. The summed E-state index contributed by atoms with van der Waals surface area (Å²) in [5, 5.41) is 0.589. The Balaban J connectivity index is 2.81. The quantitative estimate of drug-likeness (QED) is 0.798. The smallest absolute Gasteiger partial charge is 0.266 e. The van der Waals surface area contributed by atoms with Crippen LogP contribution in [0.5, 0.6) is 0 Å². The zero-order chi connectivity index (χ0) is 11.7. The van der Waals surface area contributed by atoms with Gasteiger partial charge in [0.2, 0.25) is 0 Å². The number of rotatable bonds is 2. The molecular formula is C8H11N3OP4. The van der Waals surface area contributed by atoms with E-state index in [2.05, 4.69) is 27.8 Å². The van der Waals surface area contributed by atoms with E-state index in [4.69, 9.17) is 0 Å². The molecule has 0 amide bonds. The second kappa shape index (κ2) is 5.11. The van der Waals surface area contributed by atoms with Gasteiger partial charge in [-0.2, -0.15) is 0 Å². The third kappa shape index (κ3) is 2.18. The Bertz CT molecular complexity index is 585. The van der Waals surface area contributed by atoms with Crippen molar-refractivity contribution >= 4 is 44.3 Å². The van der Waals surface area contributed by atoms with Crippen molar-refractivity contribution in [2.45, 2.75) is 6.92 Å². The summed E-state index contributed by atoms with van der Waals surface area (Å²) < 4.78 is 1.76. The van der Waals surface area contributed by atoms with Gasteiger partial charge >= 0.3 is 0 Å². The van der Waals surface area contributed by atoms with Crippen LogP contribution in [0, 0.1) is 6.92 Å². The number of hydrogen-bond donors (Lipinski definition) is 0. The van der Waals surface area contributed by atoms with E-state index in [1.165, 1.54) is 0 Å². The van der Waals surface area contributed by atoms with Gasteiger partial charge in [0.05, 0.1) is 5.39 Å². The topological polar surface area (TPSA) is 47.8 Å². The van der Waals surface area contributed by atoms with Crippen LogP contribution in [-0.4, -0.2) is 14.3 Å². The summed E-state index contributed by atoms with van der Waals surface area (Å²) in [6, 6.07) is 3.53. The van der Waals surface area contributed by atoms with Crippen LogP contribution >= 0.6 is 33.3 Å². The molecule has 0 aliphatic heterocycles. The van der Waals surface area contributed by atoms with E-state index in [1.807, 2.05) is 6.92 Å². The van der Waals surface area contributed by atoms with Crippen molar-refractivity contribution in [1.82, 2.24) is 14.3 Å². The number of aromatic nitrogens is 3. The van der Waals surface area contributed by atoms with Crippen molar-refractivity contribution in [3.05, 3.63) is 34.5 Å². The third-order valence-corrected chi connectivity index (χ3v) is 11.8. The summed E-state index contributed by atoms with van der Waals surface area (Å²) in [4.78, 5) is 20.7. The molecule has 16 heavy (non-hydrogen) atoms. The van der Waals surface area contributed by atoms with Gasteiger partial charge in [-0.15, -0.1) is 8.93 Å². The number of pyridine rings is 1. The zero-order valence-corrected chi connectivity index (χ0v) is 12.8. The SMILES string of the molecule is Cc1nc2ncccc2c(=O)n1P(P)PP. The molecule has 0 radical (unpaired) electrons. The van der Waals surface area contributed by atoms with Crippen LogP contribution in [0.1, 0.15) is 5.82 Å². The number of nitrogens with zero attached hydrogens (tertiary/aromatic N) is 3. The maximum Gasteiger partial charge on any atom is 0.266 e. The second-order valence-electron chi connectivity index (χ2n) is 3.12. The molecule has 0 saturated heterocycles. The summed E-state index contributed by atoms with van der Waals surface area (Å²) >= 11 is 0. The zero-order valence-electron chi connectivity index (χ0n) is 8.58. The number of aryl methyl sites for hydroxylation is 1. The largest absolute Gasteiger partial charge is 0.268 e. The van der Waals surface area contributed by atoms with E-state index in [-0.39, 0.29) is 5.56 Å². The Kier molecular flexibility index (Phi) is 3.98. The summed E-state index contributed by atoms with van der Waals surface area (Å²) in [5.41, 5.74) is 0.536. The van der Waals surface area contributed by atoms with Crippen molar-refractivity contribution < 1.29 is 0 Å². The Labute approximate surface area is 100 Å². The lowest BCUT2D eigenvalue weighted by atomic mass is 10.3. The molecule has 4 nitrogen and oxygen atoms in total. The van der Waals surface area contributed by atoms with Crippen LogP contribution < -0.4 is 5.56 Å². The first kappa shape index (κ1) is 12.5. The molecule has 0 aliphatic rings. The standard InChI is InChI=1S/C8H11N3OP4/c1-5-10-7-6(3-2-4-9-7)8(12)11(5)16(14)15-13/h2-4,15H,13-14H2,1H3. The summed E-state index contributed by atoms with van der Waals surface area (Å²) in [5.74, 6) is 0.729. The summed E-state index contributed by atoms with van der Waals surface area (Å²) in [6.45, 7) is 1.85. The van der Waals surface area contributed by atoms with Crippen LogP contribution in [0.2, 0.25) is 0 Å². The molecule has 0 bridgehead atoms. The molecule has 2 heterocycles. The first-order chi connectivity index (χ1) is 7.65. The fourth-order valence-corrected chi connectivity index (χ4v) is 5.11. The molecular weight excluding hydrogens is 278 g/mol. The highest BCUT2D eigenvalue weighted by molar-refractivity contribution is 8.60. The van der Waals surface area contributed by atoms with Crippen LogP contribution in [0.25, 0.3) is 11.0 Å². The van der Waals surface area contributed by atoms with Gasteiger partial charge < -0.3 is 0 Å². The first-order valence-electron chi connectivity index (χ1n) is 4.51. The van der Waals surface area contributed by atoms with Crippen LogP contribution in [-0.2, 0) is 0 Å². The van der Waals surface area contributed by atoms with Crippen molar-refractivity contribution in [2.75, 3.05) is 0 Å². The lowest BCUT2D eigenvalue weighted by Gasteiger charge is -2.15. The molecule has 0 saturated carbocycles. The molecule has 4 unspecified atom stereocenters. The van der Waals surface area contributed by atoms with Gasteiger partial charge in [-0.3, -0.25) is 9.13 Å². The molecule has 0 aliphatic carbocycles. The third-order valence-electron chi connectivity index (χ3n) is 2.13. The van der Waals surface area contributed by atoms with E-state index in [0.717, 1.165) is 5.82 Å². The summed E-state index contributed by atoms with van der Waals surface area (Å²) in [7, 11) is 5.46. The van der Waals surface area contributed by atoms with E-state index in [0.29, 0.717) is 19.0 Å². The predicted molar refractivity (Wildman–Crippen MR) is 78.6 cm³/mol. The van der Waals surface area contributed by atoms with Gasteiger partial charge in [0.1, 0.15) is 5.82 Å². The molecule has 84 valence electrons. The average molecular weight is 289 g/mol. The maximum atomic E-state index is 12.2. The van der Waals surface area contributed by atoms with Gasteiger partial charge in [0.15, 0.2) is 5.65 Å². The molecule has 2 rings (SSSR count). The Morgan fingerprint density at radius 3 is 3.00 bits per heavy atom. The van der Waals surface area contributed by atoms with Gasteiger partial charge in [0.25, 0.3) is 5.56 Å². The van der Waals surface area contributed by atoms with Gasteiger partial charge in [0, 0.05) is 13.6 Å². The fourth-order valence-electron chi connectivity index (χ4n) is 1.43. The highest BCUT2D eigenvalue weighted by Gasteiger charge is 2.12. The average Bonchev–Trinajstić information content (AvgIpc) is 2.28.